The first-order chi connectivity index (χ1) is 15.4. The Morgan fingerprint density at radius 2 is 2.00 bits per heavy atom. The van der Waals surface area contributed by atoms with Crippen LogP contribution in [0.5, 0.6) is 11.5 Å². The van der Waals surface area contributed by atoms with E-state index in [0.717, 1.165) is 54.5 Å². The van der Waals surface area contributed by atoms with Gasteiger partial charge in [0.05, 0.1) is 18.6 Å². The fraction of sp³-hybridized carbons (Fsp3) is 0.480. The quantitative estimate of drug-likeness (QED) is 0.745. The van der Waals surface area contributed by atoms with Gasteiger partial charge in [-0.1, -0.05) is 0 Å². The van der Waals surface area contributed by atoms with Gasteiger partial charge in [0.1, 0.15) is 23.9 Å². The summed E-state index contributed by atoms with van der Waals surface area (Å²) in [6, 6.07) is 10.3. The third kappa shape index (κ3) is 4.99. The molecule has 0 spiro atoms. The summed E-state index contributed by atoms with van der Waals surface area (Å²) in [7, 11) is 2.10. The number of likely N-dealkylation sites (N-methyl/N-ethyl adjacent to an activating group) is 1. The zero-order valence-electron chi connectivity index (χ0n) is 19.1. The Bertz CT molecular complexity index is 959. The summed E-state index contributed by atoms with van der Waals surface area (Å²) in [4.78, 5) is 17.6. The van der Waals surface area contributed by atoms with Gasteiger partial charge in [0.15, 0.2) is 0 Å². The standard InChI is InChI=1S/C25H32FN3O3/c1-4-31-21-6-8-24-18(14-21)13-19(16-32-24)25(30)27-17(2)22-15-20(26)5-7-23(22)29-11-9-28(3)10-12-29/h5-8,14-15,17,19H,4,9-13,16H2,1-3H3,(H,27,30). The molecule has 32 heavy (non-hydrogen) atoms. The number of piperazine rings is 1. The first kappa shape index (κ1) is 22.4. The molecule has 172 valence electrons. The Morgan fingerprint density at radius 1 is 1.22 bits per heavy atom. The van der Waals surface area contributed by atoms with Crippen molar-refractivity contribution < 1.29 is 18.7 Å². The number of nitrogens with one attached hydrogen (secondary N) is 1. The Kier molecular flexibility index (Phi) is 6.84. The topological polar surface area (TPSA) is 54.0 Å². The zero-order chi connectivity index (χ0) is 22.7. The third-order valence-electron chi connectivity index (χ3n) is 6.28. The number of halogens is 1. The van der Waals surface area contributed by atoms with Gasteiger partial charge in [-0.3, -0.25) is 4.79 Å². The molecule has 1 amide bonds. The van der Waals surface area contributed by atoms with Crippen LogP contribution in [-0.4, -0.2) is 57.2 Å². The van der Waals surface area contributed by atoms with Crippen LogP contribution < -0.4 is 19.7 Å². The number of hydrogen-bond donors (Lipinski definition) is 1. The summed E-state index contributed by atoms with van der Waals surface area (Å²) >= 11 is 0. The largest absolute Gasteiger partial charge is 0.494 e. The van der Waals surface area contributed by atoms with E-state index in [4.69, 9.17) is 9.47 Å². The van der Waals surface area contributed by atoms with E-state index in [-0.39, 0.29) is 23.7 Å². The molecule has 0 aliphatic carbocycles. The Morgan fingerprint density at radius 3 is 2.75 bits per heavy atom. The maximum absolute atomic E-state index is 14.1. The van der Waals surface area contributed by atoms with Crippen LogP contribution in [0.1, 0.15) is 31.0 Å². The van der Waals surface area contributed by atoms with Crippen LogP contribution in [0.3, 0.4) is 0 Å². The lowest BCUT2D eigenvalue weighted by Gasteiger charge is -2.36. The number of nitrogens with zero attached hydrogens (tertiary/aromatic N) is 2. The van der Waals surface area contributed by atoms with E-state index in [1.54, 1.807) is 6.07 Å². The zero-order valence-corrected chi connectivity index (χ0v) is 19.1. The fourth-order valence-corrected chi connectivity index (χ4v) is 4.41. The summed E-state index contributed by atoms with van der Waals surface area (Å²) in [6.45, 7) is 8.45. The molecule has 1 N–H and O–H groups in total. The van der Waals surface area contributed by atoms with Gasteiger partial charge >= 0.3 is 0 Å². The average molecular weight is 442 g/mol. The molecule has 1 fully saturated rings. The lowest BCUT2D eigenvalue weighted by atomic mass is 9.95. The molecule has 2 atom stereocenters. The van der Waals surface area contributed by atoms with Crippen molar-refractivity contribution in [1.29, 1.82) is 0 Å². The van der Waals surface area contributed by atoms with Crippen LogP contribution in [0.25, 0.3) is 0 Å². The van der Waals surface area contributed by atoms with E-state index < -0.39 is 0 Å². The molecule has 1 saturated heterocycles. The summed E-state index contributed by atoms with van der Waals surface area (Å²) in [6.07, 6.45) is 0.587. The molecule has 4 rings (SSSR count). The summed E-state index contributed by atoms with van der Waals surface area (Å²) in [5, 5.41) is 3.10. The van der Waals surface area contributed by atoms with Crippen molar-refractivity contribution in [1.82, 2.24) is 10.2 Å². The van der Waals surface area contributed by atoms with Crippen molar-refractivity contribution in [2.24, 2.45) is 5.92 Å². The van der Waals surface area contributed by atoms with E-state index in [0.29, 0.717) is 19.6 Å². The molecular formula is C25H32FN3O3. The van der Waals surface area contributed by atoms with Crippen LogP contribution in [0.4, 0.5) is 10.1 Å². The molecule has 2 aliphatic heterocycles. The molecular weight excluding hydrogens is 409 g/mol. The number of ether oxygens (including phenoxy) is 2. The SMILES string of the molecule is CCOc1ccc2c(c1)CC(C(=O)NC(C)c1cc(F)ccc1N1CCN(C)CC1)CO2. The van der Waals surface area contributed by atoms with Crippen molar-refractivity contribution in [2.75, 3.05) is 51.3 Å². The molecule has 0 saturated carbocycles. The molecule has 2 aromatic rings. The van der Waals surface area contributed by atoms with Gasteiger partial charge < -0.3 is 24.6 Å². The Balaban J connectivity index is 1.46. The molecule has 0 aromatic heterocycles. The predicted molar refractivity (Wildman–Crippen MR) is 123 cm³/mol. The summed E-state index contributed by atoms with van der Waals surface area (Å²) in [5.41, 5.74) is 2.76. The number of fused-ring (bicyclic) bond motifs is 1. The first-order valence-electron chi connectivity index (χ1n) is 11.4. The maximum atomic E-state index is 14.1. The minimum atomic E-state index is -0.316. The van der Waals surface area contributed by atoms with E-state index in [2.05, 4.69) is 22.2 Å². The molecule has 2 aromatic carbocycles. The molecule has 6 nitrogen and oxygen atoms in total. The van der Waals surface area contributed by atoms with Crippen LogP contribution >= 0.6 is 0 Å². The average Bonchev–Trinajstić information content (AvgIpc) is 2.79. The number of rotatable bonds is 6. The monoisotopic (exact) mass is 441 g/mol. The van der Waals surface area contributed by atoms with Gasteiger partial charge in [-0.15, -0.1) is 0 Å². The molecule has 2 aliphatic rings. The lowest BCUT2D eigenvalue weighted by Crippen LogP contribution is -2.45. The second-order valence-corrected chi connectivity index (χ2v) is 8.64. The fourth-order valence-electron chi connectivity index (χ4n) is 4.41. The summed E-state index contributed by atoms with van der Waals surface area (Å²) < 4.78 is 25.5. The van der Waals surface area contributed by atoms with Gasteiger partial charge in [-0.05, 0) is 69.3 Å². The third-order valence-corrected chi connectivity index (χ3v) is 6.28. The minimum absolute atomic E-state index is 0.0847. The Labute approximate surface area is 189 Å². The van der Waals surface area contributed by atoms with Gasteiger partial charge in [0, 0.05) is 37.4 Å². The highest BCUT2D eigenvalue weighted by atomic mass is 19.1. The number of hydrogen-bond acceptors (Lipinski definition) is 5. The van der Waals surface area contributed by atoms with E-state index in [1.807, 2.05) is 38.1 Å². The smallest absolute Gasteiger partial charge is 0.227 e. The van der Waals surface area contributed by atoms with E-state index in [1.165, 1.54) is 6.07 Å². The van der Waals surface area contributed by atoms with Crippen molar-refractivity contribution >= 4 is 11.6 Å². The highest BCUT2D eigenvalue weighted by Crippen LogP contribution is 2.32. The highest BCUT2D eigenvalue weighted by molar-refractivity contribution is 5.80. The normalized spacial score (nSPS) is 19.6. The number of amides is 1. The van der Waals surface area contributed by atoms with E-state index >= 15 is 0 Å². The molecule has 2 unspecified atom stereocenters. The van der Waals surface area contributed by atoms with Crippen LogP contribution in [-0.2, 0) is 11.2 Å². The first-order valence-corrected chi connectivity index (χ1v) is 11.4. The second-order valence-electron chi connectivity index (χ2n) is 8.64. The highest BCUT2D eigenvalue weighted by Gasteiger charge is 2.28. The number of carbonyl (C=O) groups excluding carboxylic acids is 1. The van der Waals surface area contributed by atoms with E-state index in [9.17, 15) is 9.18 Å². The van der Waals surface area contributed by atoms with Crippen LogP contribution in [0, 0.1) is 11.7 Å². The van der Waals surface area contributed by atoms with Crippen molar-refractivity contribution in [3.63, 3.8) is 0 Å². The minimum Gasteiger partial charge on any atom is -0.494 e. The number of anilines is 1. The van der Waals surface area contributed by atoms with Crippen molar-refractivity contribution in [2.45, 2.75) is 26.3 Å². The van der Waals surface area contributed by atoms with Gasteiger partial charge in [-0.2, -0.15) is 0 Å². The maximum Gasteiger partial charge on any atom is 0.227 e. The van der Waals surface area contributed by atoms with Gasteiger partial charge in [-0.25, -0.2) is 4.39 Å². The molecule has 2 heterocycles. The van der Waals surface area contributed by atoms with Crippen LogP contribution in [0.2, 0.25) is 0 Å². The predicted octanol–water partition coefficient (Wildman–Crippen LogP) is 3.40. The number of benzene rings is 2. The molecule has 7 heteroatoms. The second kappa shape index (κ2) is 9.77. The summed E-state index contributed by atoms with van der Waals surface area (Å²) in [5.74, 6) is 0.896. The molecule has 0 radical (unpaired) electrons. The van der Waals surface area contributed by atoms with Crippen molar-refractivity contribution in [3.8, 4) is 11.5 Å². The van der Waals surface area contributed by atoms with Gasteiger partial charge in [0.25, 0.3) is 0 Å². The molecule has 0 bridgehead atoms. The Hall–Kier alpha value is -2.80. The lowest BCUT2D eigenvalue weighted by molar-refractivity contribution is -0.126. The van der Waals surface area contributed by atoms with Gasteiger partial charge in [0.2, 0.25) is 5.91 Å². The number of carbonyl (C=O) groups is 1. The van der Waals surface area contributed by atoms with Crippen molar-refractivity contribution in [3.05, 3.63) is 53.3 Å². The van der Waals surface area contributed by atoms with Crippen LogP contribution in [0.15, 0.2) is 36.4 Å².